The minimum absolute atomic E-state index is 0.00639. The van der Waals surface area contributed by atoms with E-state index < -0.39 is 24.3 Å². The van der Waals surface area contributed by atoms with Crippen molar-refractivity contribution >= 4 is 12.0 Å². The first-order valence-corrected chi connectivity index (χ1v) is 20.2. The van der Waals surface area contributed by atoms with Crippen LogP contribution in [0.25, 0.3) is 11.1 Å². The highest BCUT2D eigenvalue weighted by molar-refractivity contribution is 5.84. The number of carbonyl (C=O) groups excluding carboxylic acids is 2. The Morgan fingerprint density at radius 1 is 0.821 bits per heavy atom. The quantitative estimate of drug-likeness (QED) is 0.121. The SMILES string of the molecule is COC(=O)[C@H](Cc1ccccc1)NC(=O)NCc1ccccc1-c1ccc([C@H]2O[C@@H](CN3CCC[C@H]3CN3CCCC3)[C@@H](C)[C@@H](c3ccc(CO)cc3)O2)cc1. The van der Waals surface area contributed by atoms with Crippen molar-refractivity contribution in [3.8, 4) is 11.1 Å². The Labute approximate surface area is 331 Å². The average Bonchev–Trinajstić information content (AvgIpc) is 3.93. The molecule has 0 spiro atoms. The van der Waals surface area contributed by atoms with E-state index in [1.165, 1.54) is 45.9 Å². The van der Waals surface area contributed by atoms with Gasteiger partial charge in [0.2, 0.25) is 0 Å². The molecule has 10 nitrogen and oxygen atoms in total. The minimum atomic E-state index is -0.816. The number of esters is 1. The fraction of sp³-hybridized carbons (Fsp3) is 0.435. The van der Waals surface area contributed by atoms with Crippen molar-refractivity contribution in [1.82, 2.24) is 20.4 Å². The molecule has 3 aliphatic heterocycles. The van der Waals surface area contributed by atoms with Crippen LogP contribution < -0.4 is 10.6 Å². The average molecular weight is 761 g/mol. The molecule has 6 atom stereocenters. The van der Waals surface area contributed by atoms with Gasteiger partial charge in [-0.05, 0) is 78.7 Å². The third kappa shape index (κ3) is 9.86. The van der Waals surface area contributed by atoms with Crippen LogP contribution >= 0.6 is 0 Å². The number of nitrogens with one attached hydrogen (secondary N) is 2. The fourth-order valence-corrected chi connectivity index (χ4v) is 8.51. The maximum absolute atomic E-state index is 13.0. The Morgan fingerprint density at radius 3 is 2.27 bits per heavy atom. The number of hydrogen-bond acceptors (Lipinski definition) is 8. The third-order valence-corrected chi connectivity index (χ3v) is 11.7. The summed E-state index contributed by atoms with van der Waals surface area (Å²) < 4.78 is 18.7. The largest absolute Gasteiger partial charge is 0.467 e. The predicted molar refractivity (Wildman–Crippen MR) is 216 cm³/mol. The van der Waals surface area contributed by atoms with Crippen molar-refractivity contribution in [2.24, 2.45) is 5.92 Å². The molecule has 296 valence electrons. The lowest BCUT2D eigenvalue weighted by molar-refractivity contribution is -0.276. The number of benzene rings is 4. The fourth-order valence-electron chi connectivity index (χ4n) is 8.51. The third-order valence-electron chi connectivity index (χ3n) is 11.7. The summed E-state index contributed by atoms with van der Waals surface area (Å²) >= 11 is 0. The van der Waals surface area contributed by atoms with E-state index in [9.17, 15) is 14.7 Å². The van der Waals surface area contributed by atoms with Crippen molar-refractivity contribution in [3.05, 3.63) is 131 Å². The second kappa shape index (κ2) is 19.0. The minimum Gasteiger partial charge on any atom is -0.467 e. The maximum Gasteiger partial charge on any atom is 0.328 e. The van der Waals surface area contributed by atoms with Gasteiger partial charge in [0.25, 0.3) is 0 Å². The van der Waals surface area contributed by atoms with Crippen LogP contribution in [-0.4, -0.2) is 84.9 Å². The van der Waals surface area contributed by atoms with Gasteiger partial charge in [0.1, 0.15) is 6.04 Å². The first-order chi connectivity index (χ1) is 27.4. The van der Waals surface area contributed by atoms with Crippen LogP contribution in [0, 0.1) is 5.92 Å². The molecule has 3 aliphatic rings. The van der Waals surface area contributed by atoms with Crippen molar-refractivity contribution in [2.45, 2.75) is 82.8 Å². The van der Waals surface area contributed by atoms with Gasteiger partial charge in [-0.15, -0.1) is 0 Å². The molecule has 56 heavy (non-hydrogen) atoms. The van der Waals surface area contributed by atoms with Crippen LogP contribution in [0.2, 0.25) is 0 Å². The standard InChI is InChI=1S/C46H56N4O6/c1-32-42(30-50-26-10-14-39(50)29-49-24-8-9-25-49)55-45(56-43(32)36-18-16-34(31-51)17-19-36)37-22-20-35(21-23-37)40-15-7-6-13-38(40)28-47-46(53)48-41(44(52)54-2)27-33-11-4-3-5-12-33/h3-7,11-13,15-23,32,39,41-43,45,51H,8-10,14,24-31H2,1-2H3,(H2,47,48,53)/t32-,39+,41+,42+,43+,45+/m1/s1. The van der Waals surface area contributed by atoms with Crippen molar-refractivity contribution < 1.29 is 28.9 Å². The molecule has 0 bridgehead atoms. The van der Waals surface area contributed by atoms with E-state index >= 15 is 0 Å². The summed E-state index contributed by atoms with van der Waals surface area (Å²) in [6.07, 6.45) is 4.63. The summed E-state index contributed by atoms with van der Waals surface area (Å²) in [4.78, 5) is 30.8. The number of aliphatic hydroxyl groups is 1. The van der Waals surface area contributed by atoms with Gasteiger partial charge in [0.05, 0.1) is 25.9 Å². The summed E-state index contributed by atoms with van der Waals surface area (Å²) in [5.41, 5.74) is 6.76. The Kier molecular flexibility index (Phi) is 13.5. The molecule has 3 fully saturated rings. The maximum atomic E-state index is 13.0. The number of carbonyl (C=O) groups is 2. The molecule has 4 aromatic carbocycles. The molecular weight excluding hydrogens is 705 g/mol. The zero-order valence-corrected chi connectivity index (χ0v) is 32.6. The zero-order valence-electron chi connectivity index (χ0n) is 32.6. The van der Waals surface area contributed by atoms with E-state index in [1.54, 1.807) is 0 Å². The van der Waals surface area contributed by atoms with E-state index in [4.69, 9.17) is 14.2 Å². The lowest BCUT2D eigenvalue weighted by Gasteiger charge is -2.43. The van der Waals surface area contributed by atoms with Crippen molar-refractivity contribution in [1.29, 1.82) is 0 Å². The second-order valence-corrected chi connectivity index (χ2v) is 15.5. The molecule has 7 rings (SSSR count). The number of aliphatic hydroxyl groups excluding tert-OH is 1. The van der Waals surface area contributed by atoms with Gasteiger partial charge in [0.15, 0.2) is 6.29 Å². The number of likely N-dealkylation sites (tertiary alicyclic amines) is 2. The van der Waals surface area contributed by atoms with Gasteiger partial charge in [0, 0.05) is 43.6 Å². The molecule has 0 aliphatic carbocycles. The highest BCUT2D eigenvalue weighted by atomic mass is 16.7. The lowest BCUT2D eigenvalue weighted by Crippen LogP contribution is -2.48. The van der Waals surface area contributed by atoms with Crippen LogP contribution in [0.4, 0.5) is 4.79 Å². The van der Waals surface area contributed by atoms with Crippen LogP contribution in [-0.2, 0) is 38.6 Å². The summed E-state index contributed by atoms with van der Waals surface area (Å²) in [5, 5.41) is 15.4. The molecule has 3 heterocycles. The zero-order chi connectivity index (χ0) is 38.9. The van der Waals surface area contributed by atoms with Gasteiger partial charge in [-0.1, -0.05) is 110 Å². The molecule has 2 amide bonds. The number of hydrogen-bond donors (Lipinski definition) is 3. The van der Waals surface area contributed by atoms with Gasteiger partial charge in [-0.2, -0.15) is 0 Å². The normalized spacial score (nSPS) is 23.4. The van der Waals surface area contributed by atoms with Crippen molar-refractivity contribution in [2.75, 3.05) is 39.8 Å². The molecule has 4 aromatic rings. The number of urea groups is 1. The summed E-state index contributed by atoms with van der Waals surface area (Å²) in [6.45, 7) is 8.03. The highest BCUT2D eigenvalue weighted by Gasteiger charge is 2.41. The molecule has 3 saturated heterocycles. The van der Waals surface area contributed by atoms with E-state index in [0.717, 1.165) is 58.6 Å². The Balaban J connectivity index is 1.05. The predicted octanol–water partition coefficient (Wildman–Crippen LogP) is 6.78. The summed E-state index contributed by atoms with van der Waals surface area (Å²) in [5.74, 6) is -0.378. The highest BCUT2D eigenvalue weighted by Crippen LogP contribution is 2.43. The van der Waals surface area contributed by atoms with Crippen LogP contribution in [0.1, 0.15) is 72.8 Å². The molecule has 0 unspecified atom stereocenters. The molecule has 3 N–H and O–H groups in total. The smallest absolute Gasteiger partial charge is 0.328 e. The van der Waals surface area contributed by atoms with Gasteiger partial charge >= 0.3 is 12.0 Å². The van der Waals surface area contributed by atoms with Gasteiger partial charge < -0.3 is 34.9 Å². The second-order valence-electron chi connectivity index (χ2n) is 15.5. The molecule has 10 heteroatoms. The van der Waals surface area contributed by atoms with E-state index in [-0.39, 0.29) is 31.3 Å². The lowest BCUT2D eigenvalue weighted by atomic mass is 9.89. The van der Waals surface area contributed by atoms with E-state index in [1.807, 2.05) is 66.7 Å². The summed E-state index contributed by atoms with van der Waals surface area (Å²) in [7, 11) is 1.32. The van der Waals surface area contributed by atoms with Gasteiger partial charge in [-0.3, -0.25) is 4.90 Å². The first-order valence-electron chi connectivity index (χ1n) is 20.2. The number of amides is 2. The monoisotopic (exact) mass is 760 g/mol. The number of rotatable bonds is 14. The number of ether oxygens (including phenoxy) is 3. The van der Waals surface area contributed by atoms with Gasteiger partial charge in [-0.25, -0.2) is 9.59 Å². The van der Waals surface area contributed by atoms with Crippen LogP contribution in [0.15, 0.2) is 103 Å². The molecule has 0 aromatic heterocycles. The number of nitrogens with zero attached hydrogens (tertiary/aromatic N) is 2. The molecule has 0 saturated carbocycles. The molecule has 0 radical (unpaired) electrons. The Morgan fingerprint density at radius 2 is 1.54 bits per heavy atom. The Hall–Kier alpha value is -4.58. The first kappa shape index (κ1) is 39.6. The van der Waals surface area contributed by atoms with Crippen molar-refractivity contribution in [3.63, 3.8) is 0 Å². The number of methoxy groups -OCH3 is 1. The van der Waals surface area contributed by atoms with Crippen LogP contribution in [0.3, 0.4) is 0 Å². The Bertz CT molecular complexity index is 1870. The topological polar surface area (TPSA) is 113 Å². The molecular formula is C46H56N4O6. The van der Waals surface area contributed by atoms with Crippen LogP contribution in [0.5, 0.6) is 0 Å². The van der Waals surface area contributed by atoms with E-state index in [2.05, 4.69) is 63.8 Å². The summed E-state index contributed by atoms with van der Waals surface area (Å²) in [6, 6.07) is 33.2. The van der Waals surface area contributed by atoms with E-state index in [0.29, 0.717) is 12.5 Å².